The van der Waals surface area contributed by atoms with Crippen LogP contribution in [0.2, 0.25) is 0 Å². The highest BCUT2D eigenvalue weighted by atomic mass is 32.2. The topological polar surface area (TPSA) is 118 Å². The Kier molecular flexibility index (Phi) is 6.13. The summed E-state index contributed by atoms with van der Waals surface area (Å²) in [6, 6.07) is 18.0. The van der Waals surface area contributed by atoms with E-state index in [1.165, 1.54) is 35.4 Å². The number of furan rings is 1. The third-order valence-electron chi connectivity index (χ3n) is 4.36. The van der Waals surface area contributed by atoms with Crippen LogP contribution in [0.15, 0.2) is 88.1 Å². The van der Waals surface area contributed by atoms with Crippen molar-refractivity contribution >= 4 is 51.9 Å². The maximum atomic E-state index is 13.0. The molecular weight excluding hydrogens is 432 g/mol. The lowest BCUT2D eigenvalue weighted by Crippen LogP contribution is -2.31. The van der Waals surface area contributed by atoms with Gasteiger partial charge in [0.05, 0.1) is 22.6 Å². The van der Waals surface area contributed by atoms with Crippen molar-refractivity contribution in [1.82, 2.24) is 0 Å². The minimum atomic E-state index is -0.511. The Bertz CT molecular complexity index is 1200. The Morgan fingerprint density at radius 3 is 2.53 bits per heavy atom. The normalized spacial score (nSPS) is 14.5. The summed E-state index contributed by atoms with van der Waals surface area (Å²) < 4.78 is 5.28. The molecular formula is C22H16N4O5S. The fourth-order valence-corrected chi connectivity index (χ4v) is 3.71. The molecule has 1 aliphatic rings. The van der Waals surface area contributed by atoms with Gasteiger partial charge in [-0.1, -0.05) is 30.0 Å². The van der Waals surface area contributed by atoms with E-state index < -0.39 is 4.92 Å². The molecule has 10 heteroatoms. The lowest BCUT2D eigenvalue weighted by Gasteiger charge is -2.17. The molecule has 3 aromatic rings. The maximum absolute atomic E-state index is 13.0. The number of nitro groups is 1. The van der Waals surface area contributed by atoms with E-state index >= 15 is 0 Å². The van der Waals surface area contributed by atoms with Gasteiger partial charge in [-0.3, -0.25) is 24.6 Å². The first-order valence-corrected chi connectivity index (χ1v) is 10.4. The number of nitrogens with one attached hydrogen (secondary N) is 1. The highest BCUT2D eigenvalue weighted by molar-refractivity contribution is 8.14. The Labute approximate surface area is 186 Å². The number of nitrogens with zero attached hydrogens (tertiary/aromatic N) is 3. The van der Waals surface area contributed by atoms with Gasteiger partial charge >= 0.3 is 0 Å². The molecule has 0 radical (unpaired) electrons. The van der Waals surface area contributed by atoms with Crippen molar-refractivity contribution in [3.63, 3.8) is 0 Å². The molecule has 4 rings (SSSR count). The molecule has 0 spiro atoms. The Balaban J connectivity index is 1.49. The van der Waals surface area contributed by atoms with Crippen LogP contribution in [0.1, 0.15) is 5.76 Å². The summed E-state index contributed by atoms with van der Waals surface area (Å²) in [4.78, 5) is 41.5. The summed E-state index contributed by atoms with van der Waals surface area (Å²) in [6.45, 7) is 0. The number of nitro benzene ring substituents is 1. The van der Waals surface area contributed by atoms with Crippen molar-refractivity contribution in [1.29, 1.82) is 0 Å². The molecule has 2 heterocycles. The van der Waals surface area contributed by atoms with Crippen LogP contribution in [0.4, 0.5) is 17.1 Å². The van der Waals surface area contributed by atoms with Gasteiger partial charge < -0.3 is 9.73 Å². The van der Waals surface area contributed by atoms with Gasteiger partial charge in [0.25, 0.3) is 11.6 Å². The van der Waals surface area contributed by atoms with Gasteiger partial charge in [0.15, 0.2) is 5.17 Å². The number of anilines is 2. The van der Waals surface area contributed by atoms with Crippen molar-refractivity contribution in [2.24, 2.45) is 4.99 Å². The second-order valence-electron chi connectivity index (χ2n) is 6.56. The van der Waals surface area contributed by atoms with Crippen LogP contribution in [-0.2, 0) is 9.59 Å². The zero-order valence-electron chi connectivity index (χ0n) is 16.5. The highest BCUT2D eigenvalue weighted by Crippen LogP contribution is 2.29. The summed E-state index contributed by atoms with van der Waals surface area (Å²) in [5.74, 6) is -0.186. The van der Waals surface area contributed by atoms with Gasteiger partial charge in [0, 0.05) is 23.9 Å². The van der Waals surface area contributed by atoms with Gasteiger partial charge in [-0.2, -0.15) is 0 Å². The molecule has 0 atom stereocenters. The molecule has 32 heavy (non-hydrogen) atoms. The lowest BCUT2D eigenvalue weighted by molar-refractivity contribution is -0.384. The average molecular weight is 448 g/mol. The molecule has 0 bridgehead atoms. The van der Waals surface area contributed by atoms with E-state index in [2.05, 4.69) is 10.3 Å². The van der Waals surface area contributed by atoms with E-state index in [0.717, 1.165) is 11.8 Å². The number of thioether (sulfide) groups is 1. The Morgan fingerprint density at radius 2 is 1.88 bits per heavy atom. The van der Waals surface area contributed by atoms with Crippen LogP contribution >= 0.6 is 11.8 Å². The number of para-hydroxylation sites is 1. The summed E-state index contributed by atoms with van der Waals surface area (Å²) in [5.41, 5.74) is 1.19. The molecule has 9 nitrogen and oxygen atoms in total. The number of amides is 2. The van der Waals surface area contributed by atoms with Crippen LogP contribution in [0.25, 0.3) is 6.08 Å². The lowest BCUT2D eigenvalue weighted by atomic mass is 10.2. The van der Waals surface area contributed by atoms with Gasteiger partial charge in [-0.05, 0) is 36.4 Å². The molecule has 1 aliphatic heterocycles. The monoisotopic (exact) mass is 448 g/mol. The molecule has 0 aliphatic carbocycles. The number of carbonyl (C=O) groups is 2. The second kappa shape index (κ2) is 9.31. The molecule has 160 valence electrons. The molecule has 0 fully saturated rings. The quantitative estimate of drug-likeness (QED) is 0.341. The first kappa shape index (κ1) is 21.1. The fourth-order valence-electron chi connectivity index (χ4n) is 2.90. The van der Waals surface area contributed by atoms with Crippen LogP contribution in [0, 0.1) is 10.1 Å². The van der Waals surface area contributed by atoms with Crippen LogP contribution < -0.4 is 10.2 Å². The van der Waals surface area contributed by atoms with Crippen LogP contribution in [-0.4, -0.2) is 27.7 Å². The Hall–Kier alpha value is -4.18. The minimum Gasteiger partial charge on any atom is -0.465 e. The average Bonchev–Trinajstić information content (AvgIpc) is 3.41. The maximum Gasteiger partial charge on any atom is 0.283 e. The number of non-ortho nitro benzene ring substituents is 1. The molecule has 1 N–H and O–H groups in total. The van der Waals surface area contributed by atoms with Gasteiger partial charge in [0.1, 0.15) is 11.5 Å². The zero-order chi connectivity index (χ0) is 22.5. The first-order chi connectivity index (χ1) is 15.5. The second-order valence-corrected chi connectivity index (χ2v) is 7.50. The van der Waals surface area contributed by atoms with Gasteiger partial charge in [0.2, 0.25) is 5.91 Å². The Morgan fingerprint density at radius 1 is 1.12 bits per heavy atom. The molecule has 1 aromatic heterocycles. The van der Waals surface area contributed by atoms with Gasteiger partial charge in [-0.15, -0.1) is 0 Å². The number of hydrogen-bond donors (Lipinski definition) is 1. The van der Waals surface area contributed by atoms with Gasteiger partial charge in [-0.25, -0.2) is 4.99 Å². The van der Waals surface area contributed by atoms with Crippen molar-refractivity contribution < 1.29 is 18.9 Å². The largest absolute Gasteiger partial charge is 0.465 e. The number of aliphatic imine (C=N–C) groups is 1. The van der Waals surface area contributed by atoms with Crippen LogP contribution in [0.3, 0.4) is 0 Å². The summed E-state index contributed by atoms with van der Waals surface area (Å²) in [7, 11) is 0. The van der Waals surface area contributed by atoms with Crippen molar-refractivity contribution in [2.75, 3.05) is 16.0 Å². The number of hydrogen-bond acceptors (Lipinski definition) is 7. The molecule has 2 amide bonds. The molecule has 0 unspecified atom stereocenters. The van der Waals surface area contributed by atoms with E-state index in [0.29, 0.717) is 22.3 Å². The SMILES string of the molecule is O=C(CSC1=N/C(=C\c2ccco2)C(=O)N1c1ccccc1)Nc1ccc([N+](=O)[O-])cc1. The molecule has 0 saturated heterocycles. The summed E-state index contributed by atoms with van der Waals surface area (Å²) in [5, 5.41) is 13.8. The fraction of sp³-hybridized carbons (Fsp3) is 0.0455. The molecule has 0 saturated carbocycles. The van der Waals surface area contributed by atoms with E-state index in [9.17, 15) is 19.7 Å². The minimum absolute atomic E-state index is 0.0134. The number of rotatable bonds is 6. The summed E-state index contributed by atoms with van der Waals surface area (Å²) >= 11 is 1.11. The molecule has 2 aromatic carbocycles. The number of benzene rings is 2. The standard InChI is InChI=1S/C22H16N4O5S/c27-20(23-15-8-10-17(11-9-15)26(29)30)14-32-22-24-19(13-18-7-4-12-31-18)21(28)25(22)16-5-2-1-3-6-16/h1-13H,14H2,(H,23,27)/b19-13-. The third kappa shape index (κ3) is 4.76. The predicted octanol–water partition coefficient (Wildman–Crippen LogP) is 4.30. The van der Waals surface area contributed by atoms with Crippen molar-refractivity contribution in [2.45, 2.75) is 0 Å². The van der Waals surface area contributed by atoms with Crippen LogP contribution in [0.5, 0.6) is 0 Å². The third-order valence-corrected chi connectivity index (χ3v) is 5.30. The highest BCUT2D eigenvalue weighted by Gasteiger charge is 2.32. The summed E-state index contributed by atoms with van der Waals surface area (Å²) in [6.07, 6.45) is 3.05. The van der Waals surface area contributed by atoms with E-state index in [-0.39, 0.29) is 29.0 Å². The van der Waals surface area contributed by atoms with E-state index in [1.54, 1.807) is 42.5 Å². The number of carbonyl (C=O) groups excluding carboxylic acids is 2. The van der Waals surface area contributed by atoms with E-state index in [1.807, 2.05) is 6.07 Å². The number of amidine groups is 1. The van der Waals surface area contributed by atoms with Crippen molar-refractivity contribution in [3.8, 4) is 0 Å². The van der Waals surface area contributed by atoms with Crippen molar-refractivity contribution in [3.05, 3.63) is 94.6 Å². The van der Waals surface area contributed by atoms with E-state index in [4.69, 9.17) is 4.42 Å². The first-order valence-electron chi connectivity index (χ1n) is 9.42. The predicted molar refractivity (Wildman–Crippen MR) is 122 cm³/mol. The zero-order valence-corrected chi connectivity index (χ0v) is 17.3. The smallest absolute Gasteiger partial charge is 0.283 e.